The third-order valence-corrected chi connectivity index (χ3v) is 6.19. The van der Waals surface area contributed by atoms with Crippen molar-refractivity contribution in [3.8, 4) is 0 Å². The van der Waals surface area contributed by atoms with E-state index >= 15 is 0 Å². The molecule has 3 unspecified atom stereocenters. The summed E-state index contributed by atoms with van der Waals surface area (Å²) in [5.41, 5.74) is 0. The van der Waals surface area contributed by atoms with Crippen LogP contribution in [0.5, 0.6) is 0 Å². The molecule has 0 aromatic carbocycles. The van der Waals surface area contributed by atoms with Gasteiger partial charge in [0.25, 0.3) is 0 Å². The lowest BCUT2D eigenvalue weighted by molar-refractivity contribution is 0.0897. The van der Waals surface area contributed by atoms with Crippen molar-refractivity contribution in [2.24, 2.45) is 29.6 Å². The molecule has 1 nitrogen and oxygen atoms in total. The lowest BCUT2D eigenvalue weighted by Gasteiger charge is -2.42. The Bertz CT molecular complexity index is 252. The Hall–Kier alpha value is -0.0400. The number of rotatable bonds is 5. The molecule has 0 heterocycles. The molecule has 2 saturated carbocycles. The third kappa shape index (κ3) is 4.48. The van der Waals surface area contributed by atoms with Crippen LogP contribution in [0.2, 0.25) is 0 Å². The smallest absolute Gasteiger partial charge is 0.00179 e. The van der Waals surface area contributed by atoms with Crippen LogP contribution in [0, 0.1) is 29.6 Å². The van der Waals surface area contributed by atoms with E-state index in [1.165, 1.54) is 64.3 Å². The first-order valence-electron chi connectivity index (χ1n) is 9.43. The molecule has 0 aromatic rings. The van der Waals surface area contributed by atoms with Crippen molar-refractivity contribution < 1.29 is 0 Å². The van der Waals surface area contributed by atoms with Gasteiger partial charge in [-0.3, -0.25) is 0 Å². The topological polar surface area (TPSA) is 12.0 Å². The number of hydrogen-bond donors (Lipinski definition) is 1. The van der Waals surface area contributed by atoms with Crippen molar-refractivity contribution in [3.05, 3.63) is 0 Å². The van der Waals surface area contributed by atoms with Gasteiger partial charge >= 0.3 is 0 Å². The summed E-state index contributed by atoms with van der Waals surface area (Å²) in [6, 6.07) is 0. The lowest BCUT2D eigenvalue weighted by atomic mass is 9.64. The Kier molecular flexibility index (Phi) is 6.87. The Balaban J connectivity index is 1.99. The van der Waals surface area contributed by atoms with E-state index in [4.69, 9.17) is 0 Å². The van der Waals surface area contributed by atoms with E-state index in [0.717, 1.165) is 36.1 Å². The Labute approximate surface area is 127 Å². The van der Waals surface area contributed by atoms with Crippen molar-refractivity contribution in [1.29, 1.82) is 0 Å². The molecular formula is C19H37N. The molecule has 0 bridgehead atoms. The van der Waals surface area contributed by atoms with Crippen molar-refractivity contribution >= 4 is 0 Å². The van der Waals surface area contributed by atoms with Crippen molar-refractivity contribution in [1.82, 2.24) is 5.32 Å². The molecule has 0 aliphatic heterocycles. The monoisotopic (exact) mass is 279 g/mol. The minimum absolute atomic E-state index is 0.892. The summed E-state index contributed by atoms with van der Waals surface area (Å²) >= 11 is 0. The summed E-state index contributed by atoms with van der Waals surface area (Å²) in [4.78, 5) is 0. The van der Waals surface area contributed by atoms with Gasteiger partial charge in [0.05, 0.1) is 0 Å². The van der Waals surface area contributed by atoms with Crippen LogP contribution < -0.4 is 5.32 Å². The van der Waals surface area contributed by atoms with E-state index in [2.05, 4.69) is 26.1 Å². The molecule has 20 heavy (non-hydrogen) atoms. The maximum Gasteiger partial charge on any atom is -0.00179 e. The minimum Gasteiger partial charge on any atom is -0.317 e. The zero-order valence-corrected chi connectivity index (χ0v) is 14.2. The highest BCUT2D eigenvalue weighted by atomic mass is 14.8. The molecule has 0 spiro atoms. The average molecular weight is 280 g/mol. The van der Waals surface area contributed by atoms with E-state index in [0.29, 0.717) is 0 Å². The van der Waals surface area contributed by atoms with Gasteiger partial charge in [0.15, 0.2) is 0 Å². The van der Waals surface area contributed by atoms with E-state index in [-0.39, 0.29) is 0 Å². The SMILES string of the molecule is CCNCC1CCC(C(C)C)CC1C1CCCCCC1. The van der Waals surface area contributed by atoms with Crippen LogP contribution in [0.15, 0.2) is 0 Å². The van der Waals surface area contributed by atoms with Crippen LogP contribution in [-0.2, 0) is 0 Å². The van der Waals surface area contributed by atoms with Crippen LogP contribution in [0.4, 0.5) is 0 Å². The van der Waals surface area contributed by atoms with Crippen LogP contribution in [0.25, 0.3) is 0 Å². The predicted octanol–water partition coefficient (Wildman–Crippen LogP) is 5.25. The quantitative estimate of drug-likeness (QED) is 0.677. The summed E-state index contributed by atoms with van der Waals surface area (Å²) in [6.07, 6.45) is 13.5. The van der Waals surface area contributed by atoms with Gasteiger partial charge in [-0.2, -0.15) is 0 Å². The first kappa shape index (κ1) is 16.3. The fourth-order valence-corrected chi connectivity index (χ4v) is 4.81. The molecule has 2 fully saturated rings. The highest BCUT2D eigenvalue weighted by Crippen LogP contribution is 2.44. The normalized spacial score (nSPS) is 33.3. The van der Waals surface area contributed by atoms with E-state index in [1.54, 1.807) is 0 Å². The zero-order chi connectivity index (χ0) is 14.4. The number of nitrogens with one attached hydrogen (secondary N) is 1. The maximum absolute atomic E-state index is 3.65. The average Bonchev–Trinajstić information content (AvgIpc) is 2.73. The summed E-state index contributed by atoms with van der Waals surface area (Å²) in [5, 5.41) is 3.65. The van der Waals surface area contributed by atoms with Gasteiger partial charge in [-0.1, -0.05) is 59.3 Å². The largest absolute Gasteiger partial charge is 0.317 e. The molecule has 0 radical (unpaired) electrons. The van der Waals surface area contributed by atoms with Crippen molar-refractivity contribution in [2.45, 2.75) is 78.6 Å². The molecule has 0 amide bonds. The summed E-state index contributed by atoms with van der Waals surface area (Å²) in [6.45, 7) is 9.56. The van der Waals surface area contributed by atoms with Crippen LogP contribution in [-0.4, -0.2) is 13.1 Å². The van der Waals surface area contributed by atoms with Crippen LogP contribution in [0.1, 0.15) is 78.6 Å². The number of hydrogen-bond acceptors (Lipinski definition) is 1. The van der Waals surface area contributed by atoms with Gasteiger partial charge in [-0.25, -0.2) is 0 Å². The molecule has 2 rings (SSSR count). The fourth-order valence-electron chi connectivity index (χ4n) is 4.81. The molecule has 3 atom stereocenters. The Morgan fingerprint density at radius 1 is 0.950 bits per heavy atom. The zero-order valence-electron chi connectivity index (χ0n) is 14.2. The standard InChI is InChI=1S/C19H37N/c1-4-20-14-18-12-11-17(15(2)3)13-19(18)16-9-7-5-6-8-10-16/h15-20H,4-14H2,1-3H3. The summed E-state index contributed by atoms with van der Waals surface area (Å²) in [5.74, 6) is 4.92. The molecule has 118 valence electrons. The van der Waals surface area contributed by atoms with E-state index < -0.39 is 0 Å². The highest BCUT2D eigenvalue weighted by molar-refractivity contribution is 4.87. The minimum atomic E-state index is 0.892. The Morgan fingerprint density at radius 2 is 1.65 bits per heavy atom. The molecule has 0 aromatic heterocycles. The molecule has 2 aliphatic carbocycles. The highest BCUT2D eigenvalue weighted by Gasteiger charge is 2.36. The van der Waals surface area contributed by atoms with E-state index in [9.17, 15) is 0 Å². The molecular weight excluding hydrogens is 242 g/mol. The van der Waals surface area contributed by atoms with Gasteiger partial charge in [-0.05, 0) is 61.9 Å². The van der Waals surface area contributed by atoms with Crippen molar-refractivity contribution in [2.75, 3.05) is 13.1 Å². The van der Waals surface area contributed by atoms with Crippen molar-refractivity contribution in [3.63, 3.8) is 0 Å². The van der Waals surface area contributed by atoms with Gasteiger partial charge < -0.3 is 5.32 Å². The van der Waals surface area contributed by atoms with Gasteiger partial charge in [0, 0.05) is 0 Å². The molecule has 2 aliphatic rings. The lowest BCUT2D eigenvalue weighted by Crippen LogP contribution is -2.38. The first-order chi connectivity index (χ1) is 9.72. The van der Waals surface area contributed by atoms with Gasteiger partial charge in [0.1, 0.15) is 0 Å². The second-order valence-electron chi connectivity index (χ2n) is 7.80. The third-order valence-electron chi connectivity index (χ3n) is 6.19. The van der Waals surface area contributed by atoms with Crippen LogP contribution in [0.3, 0.4) is 0 Å². The molecule has 1 N–H and O–H groups in total. The second-order valence-corrected chi connectivity index (χ2v) is 7.80. The summed E-state index contributed by atoms with van der Waals surface area (Å²) < 4.78 is 0. The summed E-state index contributed by atoms with van der Waals surface area (Å²) in [7, 11) is 0. The molecule has 1 heteroatoms. The molecule has 0 saturated heterocycles. The van der Waals surface area contributed by atoms with Gasteiger partial charge in [0.2, 0.25) is 0 Å². The fraction of sp³-hybridized carbons (Fsp3) is 1.00. The Morgan fingerprint density at radius 3 is 2.25 bits per heavy atom. The van der Waals surface area contributed by atoms with Crippen LogP contribution >= 0.6 is 0 Å². The predicted molar refractivity (Wildman–Crippen MR) is 88.9 cm³/mol. The van der Waals surface area contributed by atoms with Gasteiger partial charge in [-0.15, -0.1) is 0 Å². The second kappa shape index (κ2) is 8.41. The maximum atomic E-state index is 3.65. The van der Waals surface area contributed by atoms with E-state index in [1.807, 2.05) is 0 Å². The first-order valence-corrected chi connectivity index (χ1v) is 9.43.